The van der Waals surface area contributed by atoms with Crippen LogP contribution in [0.3, 0.4) is 0 Å². The van der Waals surface area contributed by atoms with E-state index < -0.39 is 6.61 Å². The monoisotopic (exact) mass is 408 g/mol. The molecule has 0 atom stereocenters. The highest BCUT2D eigenvalue weighted by Crippen LogP contribution is 2.34. The SMILES string of the molecule is CCNC(=NCc1cc(Cl)cc(Cl)c1OC(F)F)NCC(=O)NC1CC1. The second kappa shape index (κ2) is 9.78. The molecule has 1 aliphatic carbocycles. The number of benzene rings is 1. The van der Waals surface area contributed by atoms with Gasteiger partial charge in [-0.2, -0.15) is 8.78 Å². The molecule has 1 aromatic carbocycles. The normalized spacial score (nSPS) is 14.3. The summed E-state index contributed by atoms with van der Waals surface area (Å²) in [4.78, 5) is 16.0. The Labute approximate surface area is 160 Å². The van der Waals surface area contributed by atoms with Crippen LogP contribution in [-0.2, 0) is 11.3 Å². The fourth-order valence-corrected chi connectivity index (χ4v) is 2.71. The highest BCUT2D eigenvalue weighted by atomic mass is 35.5. The Morgan fingerprint density at radius 2 is 2.08 bits per heavy atom. The summed E-state index contributed by atoms with van der Waals surface area (Å²) in [5, 5.41) is 8.96. The van der Waals surface area contributed by atoms with Gasteiger partial charge in [-0.05, 0) is 31.9 Å². The van der Waals surface area contributed by atoms with Crippen LogP contribution in [0, 0.1) is 0 Å². The van der Waals surface area contributed by atoms with Gasteiger partial charge in [-0.1, -0.05) is 23.2 Å². The van der Waals surface area contributed by atoms with Crippen LogP contribution in [-0.4, -0.2) is 37.6 Å². The summed E-state index contributed by atoms with van der Waals surface area (Å²) in [6, 6.07) is 3.05. The number of ether oxygens (including phenoxy) is 1. The first kappa shape index (κ1) is 20.5. The van der Waals surface area contributed by atoms with E-state index in [1.807, 2.05) is 6.92 Å². The Balaban J connectivity index is 2.06. The van der Waals surface area contributed by atoms with Gasteiger partial charge in [0.05, 0.1) is 18.1 Å². The third kappa shape index (κ3) is 6.84. The van der Waals surface area contributed by atoms with Gasteiger partial charge in [0.1, 0.15) is 5.75 Å². The molecule has 0 aliphatic heterocycles. The Bertz CT molecular complexity index is 670. The van der Waals surface area contributed by atoms with Crippen molar-refractivity contribution in [3.05, 3.63) is 27.7 Å². The number of nitrogens with zero attached hydrogens (tertiary/aromatic N) is 1. The van der Waals surface area contributed by atoms with Gasteiger partial charge in [-0.3, -0.25) is 4.79 Å². The van der Waals surface area contributed by atoms with Crippen molar-refractivity contribution < 1.29 is 18.3 Å². The summed E-state index contributed by atoms with van der Waals surface area (Å²) < 4.78 is 29.7. The van der Waals surface area contributed by atoms with Crippen LogP contribution < -0.4 is 20.7 Å². The Morgan fingerprint density at radius 1 is 1.35 bits per heavy atom. The van der Waals surface area contributed by atoms with Crippen LogP contribution in [0.25, 0.3) is 0 Å². The number of carbonyl (C=O) groups excluding carboxylic acids is 1. The van der Waals surface area contributed by atoms with Crippen LogP contribution >= 0.6 is 23.2 Å². The first-order valence-electron chi connectivity index (χ1n) is 8.13. The lowest BCUT2D eigenvalue weighted by molar-refractivity contribution is -0.120. The lowest BCUT2D eigenvalue weighted by Crippen LogP contribution is -2.43. The van der Waals surface area contributed by atoms with E-state index >= 15 is 0 Å². The average molecular weight is 409 g/mol. The summed E-state index contributed by atoms with van der Waals surface area (Å²) >= 11 is 11.9. The second-order valence-electron chi connectivity index (χ2n) is 5.64. The quantitative estimate of drug-likeness (QED) is 0.456. The molecule has 26 heavy (non-hydrogen) atoms. The maximum atomic E-state index is 12.6. The molecule has 0 radical (unpaired) electrons. The van der Waals surface area contributed by atoms with Gasteiger partial charge in [0.25, 0.3) is 0 Å². The third-order valence-electron chi connectivity index (χ3n) is 3.40. The minimum absolute atomic E-state index is 0.0120. The number of hydrogen-bond acceptors (Lipinski definition) is 3. The highest BCUT2D eigenvalue weighted by molar-refractivity contribution is 6.35. The first-order valence-corrected chi connectivity index (χ1v) is 8.89. The fourth-order valence-electron chi connectivity index (χ4n) is 2.13. The molecule has 0 heterocycles. The number of hydrogen-bond donors (Lipinski definition) is 3. The molecule has 0 bridgehead atoms. The van der Waals surface area contributed by atoms with Crippen molar-refractivity contribution in [2.24, 2.45) is 4.99 Å². The number of rotatable bonds is 8. The van der Waals surface area contributed by atoms with Gasteiger partial charge in [-0.25, -0.2) is 4.99 Å². The van der Waals surface area contributed by atoms with Gasteiger partial charge in [0.15, 0.2) is 5.96 Å². The van der Waals surface area contributed by atoms with E-state index in [1.54, 1.807) is 0 Å². The maximum Gasteiger partial charge on any atom is 0.387 e. The topological polar surface area (TPSA) is 74.8 Å². The number of guanidine groups is 1. The molecule has 1 amide bonds. The molecule has 1 fully saturated rings. The van der Waals surface area contributed by atoms with Gasteiger partial charge in [0, 0.05) is 23.2 Å². The van der Waals surface area contributed by atoms with Gasteiger partial charge >= 0.3 is 6.61 Å². The zero-order chi connectivity index (χ0) is 19.1. The molecule has 0 unspecified atom stereocenters. The van der Waals surface area contributed by atoms with Crippen molar-refractivity contribution in [2.45, 2.75) is 39.0 Å². The van der Waals surface area contributed by atoms with E-state index in [0.717, 1.165) is 12.8 Å². The number of carbonyl (C=O) groups is 1. The standard InChI is InChI=1S/C16H20Cl2F2N4O2/c1-2-21-16(23-8-13(25)24-11-3-4-11)22-7-9-5-10(17)6-12(18)14(9)26-15(19)20/h5-6,11,15H,2-4,7-8H2,1H3,(H,24,25)(H2,21,22,23). The molecule has 10 heteroatoms. The summed E-state index contributed by atoms with van der Waals surface area (Å²) in [5.74, 6) is 0.0558. The molecule has 1 aliphatic rings. The Morgan fingerprint density at radius 3 is 2.69 bits per heavy atom. The van der Waals surface area contributed by atoms with E-state index in [9.17, 15) is 13.6 Å². The number of alkyl halides is 2. The van der Waals surface area contributed by atoms with Crippen molar-refractivity contribution in [1.29, 1.82) is 0 Å². The van der Waals surface area contributed by atoms with Crippen LogP contribution in [0.1, 0.15) is 25.3 Å². The van der Waals surface area contributed by atoms with E-state index in [2.05, 4.69) is 25.7 Å². The van der Waals surface area contributed by atoms with Crippen molar-refractivity contribution in [1.82, 2.24) is 16.0 Å². The minimum Gasteiger partial charge on any atom is -0.433 e. The highest BCUT2D eigenvalue weighted by Gasteiger charge is 2.23. The molecular formula is C16H20Cl2F2N4O2. The number of nitrogens with one attached hydrogen (secondary N) is 3. The maximum absolute atomic E-state index is 12.6. The van der Waals surface area contributed by atoms with E-state index in [4.69, 9.17) is 23.2 Å². The Hall–Kier alpha value is -1.80. The first-order chi connectivity index (χ1) is 12.4. The summed E-state index contributed by atoms with van der Waals surface area (Å²) in [7, 11) is 0. The number of amides is 1. The molecule has 6 nitrogen and oxygen atoms in total. The van der Waals surface area contributed by atoms with Crippen molar-refractivity contribution in [2.75, 3.05) is 13.1 Å². The van der Waals surface area contributed by atoms with Crippen LogP contribution in [0.5, 0.6) is 5.75 Å². The molecule has 0 aromatic heterocycles. The lowest BCUT2D eigenvalue weighted by Gasteiger charge is -2.14. The van der Waals surface area contributed by atoms with Gasteiger partial charge in [0.2, 0.25) is 5.91 Å². The van der Waals surface area contributed by atoms with Crippen LogP contribution in [0.15, 0.2) is 17.1 Å². The zero-order valence-electron chi connectivity index (χ0n) is 14.1. The second-order valence-corrected chi connectivity index (χ2v) is 6.49. The predicted octanol–water partition coefficient (Wildman–Crippen LogP) is 2.93. The van der Waals surface area contributed by atoms with Gasteiger partial charge < -0.3 is 20.7 Å². The lowest BCUT2D eigenvalue weighted by atomic mass is 10.2. The fraction of sp³-hybridized carbons (Fsp3) is 0.500. The smallest absolute Gasteiger partial charge is 0.387 e. The van der Waals surface area contributed by atoms with E-state index in [1.165, 1.54) is 12.1 Å². The van der Waals surface area contributed by atoms with Gasteiger partial charge in [-0.15, -0.1) is 0 Å². The van der Waals surface area contributed by atoms with Crippen molar-refractivity contribution >= 4 is 35.1 Å². The van der Waals surface area contributed by atoms with E-state index in [-0.39, 0.29) is 40.8 Å². The average Bonchev–Trinajstić information content (AvgIpc) is 3.36. The largest absolute Gasteiger partial charge is 0.433 e. The third-order valence-corrected chi connectivity index (χ3v) is 3.90. The Kier molecular flexibility index (Phi) is 7.71. The molecular weight excluding hydrogens is 389 g/mol. The summed E-state index contributed by atoms with van der Waals surface area (Å²) in [5.41, 5.74) is 0.308. The predicted molar refractivity (Wildman–Crippen MR) is 97.1 cm³/mol. The number of aliphatic imine (C=N–C) groups is 1. The number of halogens is 4. The molecule has 0 saturated heterocycles. The van der Waals surface area contributed by atoms with Crippen molar-refractivity contribution in [3.63, 3.8) is 0 Å². The molecule has 1 saturated carbocycles. The molecule has 3 N–H and O–H groups in total. The van der Waals surface area contributed by atoms with Crippen LogP contribution in [0.4, 0.5) is 8.78 Å². The summed E-state index contributed by atoms with van der Waals surface area (Å²) in [6.07, 6.45) is 2.00. The molecule has 0 spiro atoms. The zero-order valence-corrected chi connectivity index (χ0v) is 15.6. The molecule has 2 rings (SSSR count). The molecule has 144 valence electrons. The minimum atomic E-state index is -3.02. The molecule has 1 aromatic rings. The van der Waals surface area contributed by atoms with Crippen molar-refractivity contribution in [3.8, 4) is 5.75 Å². The van der Waals surface area contributed by atoms with E-state index in [0.29, 0.717) is 18.1 Å². The van der Waals surface area contributed by atoms with Crippen LogP contribution in [0.2, 0.25) is 10.0 Å². The summed E-state index contributed by atoms with van der Waals surface area (Å²) in [6.45, 7) is -0.551.